The number of aliphatic imine (C=N–C) groups is 4. The van der Waals surface area contributed by atoms with Crippen molar-refractivity contribution in [3.8, 4) is 0 Å². The van der Waals surface area contributed by atoms with Crippen LogP contribution in [-0.4, -0.2) is 284 Å². The summed E-state index contributed by atoms with van der Waals surface area (Å²) in [5.41, 5.74) is 2.50. The van der Waals surface area contributed by atoms with E-state index in [1.54, 1.807) is 74.0 Å². The SMILES string of the molecule is CCOC(=O)C1=C(CN2CC(F)(F)CC2/C=C/C(=O)O)NC(c2nccs2)=N[C@H]1c1ccc(F)cc1Br.CCOC(=O)C1=C(CN2CC(F)(F)CC2/C=C/C(=O)O)NC(c2nccs2)=N[C@H]1c1ccc(F)cc1Cl.CCOC(=O)C1=C(CN2CC(F)(F)CC2COCC(=O)O)NC(c2nccs2)=N[C@H]1c1ccc(F)cc1Cl.CCOC(=O)C1=C(CN2CC(F)(F)CC2COCC(=O)O)NC(c2nccs2)=N[C@H]1c1ccc(F)cc1Cl. The van der Waals surface area contributed by atoms with Crippen LogP contribution in [0.15, 0.2) is 213 Å². The first kappa shape index (κ1) is 115. The number of carbonyl (C=O) groups is 8. The number of nitrogens with zero attached hydrogens (tertiary/aromatic N) is 12. The molecule has 150 heavy (non-hydrogen) atoms. The van der Waals surface area contributed by atoms with Gasteiger partial charge >= 0.3 is 47.8 Å². The van der Waals surface area contributed by atoms with Crippen molar-refractivity contribution < 1.29 is 140 Å². The van der Waals surface area contributed by atoms with Gasteiger partial charge in [-0.2, -0.15) is 0 Å². The molecule has 54 heteroatoms. The van der Waals surface area contributed by atoms with Crippen LogP contribution in [0, 0.1) is 23.3 Å². The van der Waals surface area contributed by atoms with Crippen molar-refractivity contribution in [2.45, 2.75) is 125 Å². The molecule has 8 aliphatic heterocycles. The highest BCUT2D eigenvalue weighted by atomic mass is 79.9. The zero-order chi connectivity index (χ0) is 108. The van der Waals surface area contributed by atoms with Crippen molar-refractivity contribution in [1.82, 2.24) is 60.8 Å². The lowest BCUT2D eigenvalue weighted by Crippen LogP contribution is -2.42. The average Bonchev–Trinajstić information content (AvgIpc) is 1.45. The average molecular weight is 2300 g/mol. The number of esters is 4. The Balaban J connectivity index is 0.000000167. The van der Waals surface area contributed by atoms with Gasteiger partial charge in [0.05, 0.1) is 88.1 Å². The highest BCUT2D eigenvalue weighted by Crippen LogP contribution is 2.46. The van der Waals surface area contributed by atoms with Crippen molar-refractivity contribution in [3.63, 3.8) is 0 Å². The number of ether oxygens (including phenoxy) is 6. The molecule has 800 valence electrons. The van der Waals surface area contributed by atoms with Gasteiger partial charge in [0.1, 0.15) is 60.7 Å². The van der Waals surface area contributed by atoms with Crippen LogP contribution >= 0.6 is 96.1 Å². The molecular formula is C96H92BrCl3F12N16O18S4. The Bertz CT molecular complexity index is 6250. The van der Waals surface area contributed by atoms with E-state index < -0.39 is 208 Å². The third-order valence-electron chi connectivity index (χ3n) is 23.3. The van der Waals surface area contributed by atoms with Crippen molar-refractivity contribution in [2.75, 3.05) is 105 Å². The molecule has 16 rings (SSSR count). The number of benzene rings is 4. The predicted molar refractivity (Wildman–Crippen MR) is 531 cm³/mol. The van der Waals surface area contributed by atoms with Crippen LogP contribution in [0.1, 0.15) is 120 Å². The summed E-state index contributed by atoms with van der Waals surface area (Å²) in [5, 5.41) is 56.8. The van der Waals surface area contributed by atoms with Crippen molar-refractivity contribution >= 4 is 167 Å². The number of carbonyl (C=O) groups excluding carboxylic acids is 4. The fraction of sp³-hybridized carbons (Fsp3) is 0.375. The van der Waals surface area contributed by atoms with Crippen LogP contribution < -0.4 is 21.3 Å². The van der Waals surface area contributed by atoms with Gasteiger partial charge in [0.15, 0.2) is 43.4 Å². The Morgan fingerprint density at radius 1 is 0.400 bits per heavy atom. The number of carboxylic acid groups (broad SMARTS) is 4. The Morgan fingerprint density at radius 3 is 0.913 bits per heavy atom. The third kappa shape index (κ3) is 30.2. The Morgan fingerprint density at radius 2 is 0.660 bits per heavy atom. The third-order valence-corrected chi connectivity index (χ3v) is 28.1. The van der Waals surface area contributed by atoms with Gasteiger partial charge in [0.2, 0.25) is 0 Å². The number of halogens is 16. The minimum absolute atomic E-state index is 0.0188. The van der Waals surface area contributed by atoms with Gasteiger partial charge in [0.25, 0.3) is 23.7 Å². The summed E-state index contributed by atoms with van der Waals surface area (Å²) in [4.78, 5) is 138. The summed E-state index contributed by atoms with van der Waals surface area (Å²) in [5.74, 6) is -21.2. The van der Waals surface area contributed by atoms with Crippen molar-refractivity contribution in [1.29, 1.82) is 0 Å². The van der Waals surface area contributed by atoms with E-state index in [9.17, 15) is 91.0 Å². The normalized spacial score (nSPS) is 21.5. The number of amidine groups is 4. The maximum absolute atomic E-state index is 14.5. The van der Waals surface area contributed by atoms with E-state index >= 15 is 0 Å². The lowest BCUT2D eigenvalue weighted by Gasteiger charge is -2.31. The van der Waals surface area contributed by atoms with E-state index in [4.69, 9.17) is 83.7 Å². The van der Waals surface area contributed by atoms with E-state index in [2.05, 4.69) is 77.1 Å². The van der Waals surface area contributed by atoms with Crippen LogP contribution in [0.4, 0.5) is 52.7 Å². The number of thiazole rings is 4. The van der Waals surface area contributed by atoms with Gasteiger partial charge < -0.3 is 70.1 Å². The molecule has 4 aromatic heterocycles. The second-order valence-electron chi connectivity index (χ2n) is 34.0. The molecule has 8 aliphatic rings. The van der Waals surface area contributed by atoms with E-state index in [0.717, 1.165) is 30.4 Å². The number of aliphatic carboxylic acids is 4. The maximum Gasteiger partial charge on any atom is 0.338 e. The molecule has 12 heterocycles. The Hall–Kier alpha value is -12.3. The topological polar surface area (TPSA) is 435 Å². The zero-order valence-electron chi connectivity index (χ0n) is 79.2. The monoisotopic (exact) mass is 2300 g/mol. The summed E-state index contributed by atoms with van der Waals surface area (Å²) in [7, 11) is 0. The number of hydrogen-bond acceptors (Lipinski definition) is 34. The first-order valence-corrected chi connectivity index (χ1v) is 51.0. The fourth-order valence-corrected chi connectivity index (χ4v) is 20.9. The number of alkyl halides is 8. The van der Waals surface area contributed by atoms with E-state index in [-0.39, 0.29) is 143 Å². The van der Waals surface area contributed by atoms with E-state index in [0.29, 0.717) is 52.6 Å². The van der Waals surface area contributed by atoms with Crippen LogP contribution in [-0.2, 0) is 66.8 Å². The molecule has 4 saturated heterocycles. The smallest absolute Gasteiger partial charge is 0.338 e. The van der Waals surface area contributed by atoms with E-state index in [1.165, 1.54) is 132 Å². The van der Waals surface area contributed by atoms with Gasteiger partial charge in [-0.15, -0.1) is 45.3 Å². The molecule has 0 saturated carbocycles. The molecule has 0 spiro atoms. The number of carboxylic acids is 4. The molecule has 4 unspecified atom stereocenters. The maximum atomic E-state index is 14.5. The molecule has 0 amide bonds. The van der Waals surface area contributed by atoms with Gasteiger partial charge in [-0.1, -0.05) is 87.2 Å². The lowest BCUT2D eigenvalue weighted by atomic mass is 9.95. The van der Waals surface area contributed by atoms with Gasteiger partial charge in [-0.05, 0) is 81.8 Å². The molecule has 8 aromatic rings. The molecule has 4 aromatic carbocycles. The summed E-state index contributed by atoms with van der Waals surface area (Å²) in [6.07, 6.45) is 8.06. The van der Waals surface area contributed by atoms with Gasteiger partial charge in [-0.3, -0.25) is 39.6 Å². The van der Waals surface area contributed by atoms with Gasteiger partial charge in [-0.25, -0.2) is 111 Å². The molecule has 8 N–H and O–H groups in total. The minimum atomic E-state index is -3.07. The standard InChI is InChI=1S/C24H22BrF3N4O4S.2C24H24ClF3N4O5S.C24H22ClF3N4O4S/c1-2-36-23(35)19-17(11-32-12-24(27,28)10-14(32)4-6-18(33)34)30-21(22-29-7-8-37-22)31-20(19)15-5-3-13(26)9-16(15)25;2*1-2-37-23(35)19-17(9-32-12-24(27,28)8-14(32)10-36-11-18(33)34)30-21(22-29-5-6-38-22)31-20(19)15-4-3-13(26)7-16(15)25;1-2-36-23(35)19-17(11-32-12-24(27,28)10-14(32)4-6-18(33)34)30-21(22-29-7-8-37-22)31-20(19)15-5-3-13(26)9-16(15)25/h3-9,14,20H,2,10-12H2,1H3,(H,30,31)(H,33,34);2*3-7,14,20H,2,8-12H2,1H3,(H,30,31)(H,33,34);3-9,14,20H,2,10-12H2,1H3,(H,30,31)(H,33,34)/b6-4+;;;6-4+/t4*14?,20-/m0000/s1. The fourth-order valence-electron chi connectivity index (χ4n) is 17.2. The summed E-state index contributed by atoms with van der Waals surface area (Å²) in [6.45, 7) is 1.68. The Kier molecular flexibility index (Phi) is 39.2. The van der Waals surface area contributed by atoms with Crippen molar-refractivity contribution in [3.05, 3.63) is 274 Å². The van der Waals surface area contributed by atoms with E-state index in [1.807, 2.05) is 0 Å². The molecular weight excluding hydrogens is 2210 g/mol. The summed E-state index contributed by atoms with van der Waals surface area (Å²) in [6, 6.07) is 7.47. The Labute approximate surface area is 886 Å². The molecule has 8 atom stereocenters. The molecule has 4 fully saturated rings. The second-order valence-corrected chi connectivity index (χ2v) is 39.7. The van der Waals surface area contributed by atoms with Crippen LogP contribution in [0.2, 0.25) is 15.1 Å². The van der Waals surface area contributed by atoms with Crippen LogP contribution in [0.3, 0.4) is 0 Å². The number of aromatic nitrogens is 4. The lowest BCUT2D eigenvalue weighted by molar-refractivity contribution is -0.143. The second kappa shape index (κ2) is 51.2. The minimum Gasteiger partial charge on any atom is -0.480 e. The number of likely N-dealkylation sites (tertiary alicyclic amines) is 4. The molecule has 0 aliphatic carbocycles. The van der Waals surface area contributed by atoms with Gasteiger partial charge in [0, 0.05) is 194 Å². The highest BCUT2D eigenvalue weighted by Gasteiger charge is 2.52. The quantitative estimate of drug-likeness (QED) is 0.00782. The first-order valence-electron chi connectivity index (χ1n) is 45.6. The number of hydrogen-bond donors (Lipinski definition) is 8. The largest absolute Gasteiger partial charge is 0.480 e. The van der Waals surface area contributed by atoms with Crippen molar-refractivity contribution in [2.24, 2.45) is 20.0 Å². The molecule has 0 radical (unpaired) electrons. The van der Waals surface area contributed by atoms with Crippen LogP contribution in [0.25, 0.3) is 0 Å². The number of rotatable bonds is 36. The molecule has 34 nitrogen and oxygen atoms in total. The predicted octanol–water partition coefficient (Wildman–Crippen LogP) is 15.8. The highest BCUT2D eigenvalue weighted by molar-refractivity contribution is 9.10. The number of nitrogens with one attached hydrogen (secondary N) is 4. The summed E-state index contributed by atoms with van der Waals surface area (Å²) < 4.78 is 203. The summed E-state index contributed by atoms with van der Waals surface area (Å²) >= 11 is 27.5. The zero-order valence-corrected chi connectivity index (χ0v) is 86.3. The van der Waals surface area contributed by atoms with Crippen LogP contribution in [0.5, 0.6) is 0 Å². The first-order chi connectivity index (χ1) is 71.3. The molecule has 0 bridgehead atoms.